The lowest BCUT2D eigenvalue weighted by Gasteiger charge is -2.34. The summed E-state index contributed by atoms with van der Waals surface area (Å²) in [7, 11) is 3.74. The highest BCUT2D eigenvalue weighted by molar-refractivity contribution is 6.28. The molecule has 0 saturated carbocycles. The highest BCUT2D eigenvalue weighted by Crippen LogP contribution is 2.16. The van der Waals surface area contributed by atoms with Gasteiger partial charge in [0.05, 0.1) is 6.61 Å². The molecule has 0 amide bonds. The summed E-state index contributed by atoms with van der Waals surface area (Å²) in [5.74, 6) is 1.18. The Hall–Kier alpha value is -1.18. The molecule has 1 fully saturated rings. The van der Waals surface area contributed by atoms with Crippen LogP contribution in [-0.2, 0) is 0 Å². The number of piperazine rings is 1. The molecule has 1 saturated heterocycles. The van der Waals surface area contributed by atoms with Crippen molar-refractivity contribution in [3.05, 3.63) is 5.28 Å². The summed E-state index contributed by atoms with van der Waals surface area (Å²) in [6, 6.07) is 0. The number of hydrogen-bond donors (Lipinski definition) is 1. The molecule has 1 aliphatic rings. The number of β-amino-alcohol motifs (C(OH)–C–C–N with tert-alkyl or cyclic N) is 1. The summed E-state index contributed by atoms with van der Waals surface area (Å²) < 4.78 is 0. The maximum Gasteiger partial charge on any atom is 0.231 e. The van der Waals surface area contributed by atoms with Gasteiger partial charge in [-0.3, -0.25) is 4.90 Å². The molecule has 1 aromatic rings. The van der Waals surface area contributed by atoms with Crippen LogP contribution in [0, 0.1) is 0 Å². The molecular formula is C11H19ClN6O. The summed E-state index contributed by atoms with van der Waals surface area (Å²) in [5, 5.41) is 9.14. The molecular weight excluding hydrogens is 268 g/mol. The van der Waals surface area contributed by atoms with E-state index >= 15 is 0 Å². The van der Waals surface area contributed by atoms with Gasteiger partial charge in [0.15, 0.2) is 0 Å². The molecule has 0 atom stereocenters. The Morgan fingerprint density at radius 2 is 1.84 bits per heavy atom. The van der Waals surface area contributed by atoms with Crippen molar-refractivity contribution >= 4 is 23.5 Å². The first-order valence-electron chi connectivity index (χ1n) is 6.27. The van der Waals surface area contributed by atoms with Gasteiger partial charge >= 0.3 is 0 Å². The number of aliphatic hydroxyl groups excluding tert-OH is 1. The Morgan fingerprint density at radius 1 is 1.16 bits per heavy atom. The van der Waals surface area contributed by atoms with Gasteiger partial charge in [-0.15, -0.1) is 0 Å². The van der Waals surface area contributed by atoms with Crippen molar-refractivity contribution in [1.29, 1.82) is 0 Å². The second kappa shape index (κ2) is 6.31. The van der Waals surface area contributed by atoms with E-state index in [2.05, 4.69) is 24.8 Å². The van der Waals surface area contributed by atoms with Crippen molar-refractivity contribution < 1.29 is 5.11 Å². The summed E-state index contributed by atoms with van der Waals surface area (Å²) in [6.45, 7) is 4.35. The molecule has 0 radical (unpaired) electrons. The lowest BCUT2D eigenvalue weighted by Crippen LogP contribution is -2.47. The van der Waals surface area contributed by atoms with E-state index in [0.29, 0.717) is 11.9 Å². The van der Waals surface area contributed by atoms with Crippen molar-refractivity contribution in [2.24, 2.45) is 0 Å². The molecule has 7 nitrogen and oxygen atoms in total. The van der Waals surface area contributed by atoms with Crippen LogP contribution in [0.5, 0.6) is 0 Å². The highest BCUT2D eigenvalue weighted by atomic mass is 35.5. The van der Waals surface area contributed by atoms with E-state index in [-0.39, 0.29) is 11.9 Å². The summed E-state index contributed by atoms with van der Waals surface area (Å²) in [6.07, 6.45) is 0. The number of nitrogens with zero attached hydrogens (tertiary/aromatic N) is 6. The predicted molar refractivity (Wildman–Crippen MR) is 74.9 cm³/mol. The zero-order valence-electron chi connectivity index (χ0n) is 11.3. The van der Waals surface area contributed by atoms with Crippen LogP contribution in [0.15, 0.2) is 0 Å². The first kappa shape index (κ1) is 14.2. The second-order valence-electron chi connectivity index (χ2n) is 4.65. The Balaban J connectivity index is 2.06. The molecule has 0 aromatic carbocycles. The first-order valence-corrected chi connectivity index (χ1v) is 6.65. The molecule has 2 heterocycles. The average molecular weight is 287 g/mol. The first-order chi connectivity index (χ1) is 9.10. The SMILES string of the molecule is CN(C)c1nc(Cl)nc(N2CCN(CCO)CC2)n1. The number of aliphatic hydroxyl groups is 1. The summed E-state index contributed by atoms with van der Waals surface area (Å²) in [4.78, 5) is 18.8. The molecule has 1 aromatic heterocycles. The number of halogens is 1. The topological polar surface area (TPSA) is 68.6 Å². The fourth-order valence-electron chi connectivity index (χ4n) is 1.98. The van der Waals surface area contributed by atoms with Crippen LogP contribution in [0.3, 0.4) is 0 Å². The van der Waals surface area contributed by atoms with E-state index in [1.165, 1.54) is 0 Å². The molecule has 0 unspecified atom stereocenters. The highest BCUT2D eigenvalue weighted by Gasteiger charge is 2.20. The van der Waals surface area contributed by atoms with Crippen molar-refractivity contribution in [1.82, 2.24) is 19.9 Å². The Morgan fingerprint density at radius 3 is 2.42 bits per heavy atom. The van der Waals surface area contributed by atoms with E-state index in [0.717, 1.165) is 32.7 Å². The minimum Gasteiger partial charge on any atom is -0.395 e. The van der Waals surface area contributed by atoms with Crippen LogP contribution in [-0.4, -0.2) is 78.4 Å². The van der Waals surface area contributed by atoms with E-state index in [1.807, 2.05) is 14.1 Å². The average Bonchev–Trinajstić information content (AvgIpc) is 2.39. The molecule has 0 aliphatic carbocycles. The molecule has 1 N–H and O–H groups in total. The largest absolute Gasteiger partial charge is 0.395 e. The lowest BCUT2D eigenvalue weighted by molar-refractivity contribution is 0.188. The van der Waals surface area contributed by atoms with Gasteiger partial charge in [0, 0.05) is 46.8 Å². The van der Waals surface area contributed by atoms with Gasteiger partial charge in [-0.2, -0.15) is 15.0 Å². The number of rotatable bonds is 4. The Bertz CT molecular complexity index is 422. The minimum absolute atomic E-state index is 0.197. The fourth-order valence-corrected chi connectivity index (χ4v) is 2.13. The molecule has 1 aliphatic heterocycles. The van der Waals surface area contributed by atoms with Gasteiger partial charge in [-0.05, 0) is 11.6 Å². The predicted octanol–water partition coefficient (Wildman–Crippen LogP) is -0.295. The standard InChI is InChI=1S/C11H19ClN6O/c1-16(2)10-13-9(12)14-11(15-10)18-5-3-17(4-6-18)7-8-19/h19H,3-8H2,1-2H3. The van der Waals surface area contributed by atoms with Crippen molar-refractivity contribution in [3.8, 4) is 0 Å². The minimum atomic E-state index is 0.197. The van der Waals surface area contributed by atoms with E-state index in [9.17, 15) is 0 Å². The van der Waals surface area contributed by atoms with Gasteiger partial charge in [0.2, 0.25) is 17.2 Å². The van der Waals surface area contributed by atoms with Crippen LogP contribution >= 0.6 is 11.6 Å². The van der Waals surface area contributed by atoms with Crippen LogP contribution in [0.1, 0.15) is 0 Å². The molecule has 2 rings (SSSR count). The summed E-state index contributed by atoms with van der Waals surface area (Å²) >= 11 is 5.93. The molecule has 19 heavy (non-hydrogen) atoms. The van der Waals surface area contributed by atoms with E-state index in [4.69, 9.17) is 16.7 Å². The monoisotopic (exact) mass is 286 g/mol. The molecule has 0 bridgehead atoms. The zero-order valence-corrected chi connectivity index (χ0v) is 12.0. The molecule has 106 valence electrons. The molecule has 0 spiro atoms. The third kappa shape index (κ3) is 3.65. The number of anilines is 2. The Kier molecular flexibility index (Phi) is 4.73. The van der Waals surface area contributed by atoms with Gasteiger partial charge in [0.1, 0.15) is 0 Å². The van der Waals surface area contributed by atoms with Crippen molar-refractivity contribution in [3.63, 3.8) is 0 Å². The quantitative estimate of drug-likeness (QED) is 0.815. The maximum atomic E-state index is 8.92. The van der Waals surface area contributed by atoms with Gasteiger partial charge in [-0.25, -0.2) is 0 Å². The summed E-state index contributed by atoms with van der Waals surface area (Å²) in [5.41, 5.74) is 0. The number of hydrogen-bond acceptors (Lipinski definition) is 7. The third-order valence-electron chi connectivity index (χ3n) is 3.06. The fraction of sp³-hybridized carbons (Fsp3) is 0.727. The van der Waals surface area contributed by atoms with Crippen LogP contribution in [0.25, 0.3) is 0 Å². The van der Waals surface area contributed by atoms with Gasteiger partial charge in [0.25, 0.3) is 0 Å². The van der Waals surface area contributed by atoms with Crippen LogP contribution in [0.4, 0.5) is 11.9 Å². The van der Waals surface area contributed by atoms with E-state index in [1.54, 1.807) is 4.90 Å². The van der Waals surface area contributed by atoms with Gasteiger partial charge in [-0.1, -0.05) is 0 Å². The lowest BCUT2D eigenvalue weighted by atomic mass is 10.3. The molecule has 8 heteroatoms. The zero-order chi connectivity index (χ0) is 13.8. The third-order valence-corrected chi connectivity index (χ3v) is 3.22. The van der Waals surface area contributed by atoms with Crippen LogP contribution < -0.4 is 9.80 Å². The van der Waals surface area contributed by atoms with Gasteiger partial charge < -0.3 is 14.9 Å². The van der Waals surface area contributed by atoms with Crippen LogP contribution in [0.2, 0.25) is 5.28 Å². The number of aromatic nitrogens is 3. The second-order valence-corrected chi connectivity index (χ2v) is 4.99. The maximum absolute atomic E-state index is 8.92. The normalized spacial score (nSPS) is 16.7. The van der Waals surface area contributed by atoms with Crippen molar-refractivity contribution in [2.75, 3.05) is 63.2 Å². The van der Waals surface area contributed by atoms with E-state index < -0.39 is 0 Å². The Labute approximate surface area is 117 Å². The van der Waals surface area contributed by atoms with Crippen molar-refractivity contribution in [2.45, 2.75) is 0 Å². The smallest absolute Gasteiger partial charge is 0.231 e.